The fraction of sp³-hybridized carbons (Fsp3) is 0.269. The van der Waals surface area contributed by atoms with Crippen LogP contribution in [0.5, 0.6) is 5.75 Å². The molecule has 0 aliphatic carbocycles. The average Bonchev–Trinajstić information content (AvgIpc) is 3.57. The number of hydrogen-bond acceptors (Lipinski definition) is 7. The number of carbonyl (C=O) groups is 1. The van der Waals surface area contributed by atoms with E-state index in [0.717, 1.165) is 10.3 Å². The van der Waals surface area contributed by atoms with Crippen LogP contribution in [0.1, 0.15) is 25.3 Å². The number of halogens is 1. The van der Waals surface area contributed by atoms with E-state index in [0.29, 0.717) is 40.9 Å². The molecule has 2 aromatic heterocycles. The third kappa shape index (κ3) is 5.19. The lowest BCUT2D eigenvalue weighted by molar-refractivity contribution is -0.121. The minimum absolute atomic E-state index is 0.108. The first-order valence-electron chi connectivity index (χ1n) is 11.9. The Morgan fingerprint density at radius 2 is 2.00 bits per heavy atom. The molecule has 8 nitrogen and oxygen atoms in total. The van der Waals surface area contributed by atoms with Crippen LogP contribution in [-0.2, 0) is 21.4 Å². The lowest BCUT2D eigenvalue weighted by atomic mass is 10.2. The van der Waals surface area contributed by atoms with Gasteiger partial charge in [0.05, 0.1) is 22.7 Å². The molecule has 1 saturated heterocycles. The zero-order valence-corrected chi connectivity index (χ0v) is 22.5. The Morgan fingerprint density at radius 3 is 2.73 bits per heavy atom. The lowest BCUT2D eigenvalue weighted by Crippen LogP contribution is -2.47. The summed E-state index contributed by atoms with van der Waals surface area (Å²) >= 11 is 7.33. The van der Waals surface area contributed by atoms with E-state index >= 15 is 0 Å². The normalized spacial score (nSPS) is 16.2. The molecule has 2 aromatic carbocycles. The molecular weight excluding hydrogens is 532 g/mol. The quantitative estimate of drug-likeness (QED) is 0.299. The smallest absolute Gasteiger partial charge is 0.247 e. The number of aromatic nitrogens is 2. The van der Waals surface area contributed by atoms with Crippen molar-refractivity contribution < 1.29 is 17.9 Å². The zero-order chi connectivity index (χ0) is 26.0. The monoisotopic (exact) mass is 556 g/mol. The molecule has 5 rings (SSSR count). The van der Waals surface area contributed by atoms with Gasteiger partial charge in [-0.1, -0.05) is 35.1 Å². The van der Waals surface area contributed by atoms with E-state index in [1.807, 2.05) is 31.2 Å². The molecule has 0 bridgehead atoms. The van der Waals surface area contributed by atoms with Gasteiger partial charge < -0.3 is 4.74 Å². The lowest BCUT2D eigenvalue weighted by Gasteiger charge is -2.28. The minimum atomic E-state index is -3.90. The van der Waals surface area contributed by atoms with Crippen molar-refractivity contribution in [1.29, 1.82) is 0 Å². The number of rotatable bonds is 8. The number of thiazole rings is 1. The van der Waals surface area contributed by atoms with Gasteiger partial charge in [-0.05, 0) is 67.8 Å². The van der Waals surface area contributed by atoms with E-state index < -0.39 is 16.1 Å². The highest BCUT2D eigenvalue weighted by Gasteiger charge is 2.42. The van der Waals surface area contributed by atoms with Gasteiger partial charge in [0, 0.05) is 24.0 Å². The summed E-state index contributed by atoms with van der Waals surface area (Å²) in [6.07, 6.45) is 4.36. The van der Waals surface area contributed by atoms with Crippen molar-refractivity contribution >= 4 is 54.2 Å². The number of benzene rings is 2. The molecule has 3 heterocycles. The number of hydrogen-bond donors (Lipinski definition) is 0. The van der Waals surface area contributed by atoms with Crippen molar-refractivity contribution in [3.63, 3.8) is 0 Å². The fourth-order valence-electron chi connectivity index (χ4n) is 4.41. The summed E-state index contributed by atoms with van der Waals surface area (Å²) < 4.78 is 34.9. The maximum atomic E-state index is 14.1. The number of sulfonamides is 1. The van der Waals surface area contributed by atoms with Gasteiger partial charge >= 0.3 is 0 Å². The van der Waals surface area contributed by atoms with E-state index in [-0.39, 0.29) is 23.9 Å². The minimum Gasteiger partial charge on any atom is -0.492 e. The molecule has 1 aliphatic heterocycles. The maximum Gasteiger partial charge on any atom is 0.247 e. The van der Waals surface area contributed by atoms with Crippen molar-refractivity contribution in [2.24, 2.45) is 0 Å². The molecule has 4 aromatic rings. The van der Waals surface area contributed by atoms with E-state index in [1.165, 1.54) is 39.9 Å². The largest absolute Gasteiger partial charge is 0.492 e. The Bertz CT molecular complexity index is 1510. The third-order valence-electron chi connectivity index (χ3n) is 6.14. The summed E-state index contributed by atoms with van der Waals surface area (Å²) in [6.45, 7) is 2.86. The number of fused-ring (bicyclic) bond motifs is 1. The standard InChI is InChI=1S/C26H25ClN4O4S2/c1-2-35-22-8-3-9-23-24(22)29-26(36-23)30(17-18-6-4-14-28-16-18)25(32)21-7-5-15-31(21)37(33,34)20-12-10-19(27)11-13-20/h3-4,6,8-14,16,21H,2,5,7,15,17H2,1H3. The molecule has 0 radical (unpaired) electrons. The first kappa shape index (κ1) is 25.6. The maximum absolute atomic E-state index is 14.1. The second-order valence-electron chi connectivity index (χ2n) is 8.55. The summed E-state index contributed by atoms with van der Waals surface area (Å²) in [5, 5.41) is 0.921. The van der Waals surface area contributed by atoms with Gasteiger partial charge in [-0.15, -0.1) is 0 Å². The van der Waals surface area contributed by atoms with Crippen LogP contribution < -0.4 is 9.64 Å². The molecular formula is C26H25ClN4O4S2. The number of carbonyl (C=O) groups excluding carboxylic acids is 1. The van der Waals surface area contributed by atoms with Crippen LogP contribution in [0, 0.1) is 0 Å². The second kappa shape index (κ2) is 10.7. The number of nitrogens with zero attached hydrogens (tertiary/aromatic N) is 4. The van der Waals surface area contributed by atoms with Gasteiger partial charge in [0.15, 0.2) is 5.13 Å². The molecule has 1 aliphatic rings. The van der Waals surface area contributed by atoms with Crippen LogP contribution in [0.4, 0.5) is 5.13 Å². The molecule has 0 N–H and O–H groups in total. The third-order valence-corrected chi connectivity index (χ3v) is 9.36. The van der Waals surface area contributed by atoms with Crippen molar-refractivity contribution in [1.82, 2.24) is 14.3 Å². The molecule has 1 atom stereocenters. The Balaban J connectivity index is 1.53. The van der Waals surface area contributed by atoms with E-state index in [4.69, 9.17) is 21.3 Å². The van der Waals surface area contributed by atoms with Crippen LogP contribution in [0.2, 0.25) is 5.02 Å². The average molecular weight is 557 g/mol. The fourth-order valence-corrected chi connectivity index (χ4v) is 7.17. The van der Waals surface area contributed by atoms with Gasteiger partial charge in [-0.2, -0.15) is 4.31 Å². The van der Waals surface area contributed by atoms with Gasteiger partial charge in [-0.25, -0.2) is 13.4 Å². The predicted molar refractivity (Wildman–Crippen MR) is 145 cm³/mol. The SMILES string of the molecule is CCOc1cccc2sc(N(Cc3cccnc3)C(=O)C3CCCN3S(=O)(=O)c3ccc(Cl)cc3)nc12. The number of para-hydroxylation sites is 1. The van der Waals surface area contributed by atoms with Crippen LogP contribution in [-0.4, -0.2) is 47.8 Å². The van der Waals surface area contributed by atoms with Crippen LogP contribution in [0.25, 0.3) is 10.2 Å². The van der Waals surface area contributed by atoms with E-state index in [2.05, 4.69) is 4.98 Å². The number of pyridine rings is 1. The summed E-state index contributed by atoms with van der Waals surface area (Å²) in [5.41, 5.74) is 1.48. The zero-order valence-electron chi connectivity index (χ0n) is 20.1. The second-order valence-corrected chi connectivity index (χ2v) is 11.9. The molecule has 11 heteroatoms. The summed E-state index contributed by atoms with van der Waals surface area (Å²) in [5.74, 6) is 0.319. The van der Waals surface area contributed by atoms with Gasteiger partial charge in [0.25, 0.3) is 0 Å². The van der Waals surface area contributed by atoms with Gasteiger partial charge in [0.1, 0.15) is 17.3 Å². The molecule has 0 saturated carbocycles. The Labute approximate surface area is 224 Å². The highest BCUT2D eigenvalue weighted by molar-refractivity contribution is 7.89. The summed E-state index contributed by atoms with van der Waals surface area (Å²) in [7, 11) is -3.90. The summed E-state index contributed by atoms with van der Waals surface area (Å²) in [6, 6.07) is 14.5. The molecule has 1 amide bonds. The van der Waals surface area contributed by atoms with Gasteiger partial charge in [-0.3, -0.25) is 14.7 Å². The molecule has 37 heavy (non-hydrogen) atoms. The Kier molecular flexibility index (Phi) is 7.43. The molecule has 0 spiro atoms. The van der Waals surface area contributed by atoms with Crippen LogP contribution in [0.3, 0.4) is 0 Å². The first-order chi connectivity index (χ1) is 17.9. The summed E-state index contributed by atoms with van der Waals surface area (Å²) in [4.78, 5) is 24.7. The molecule has 192 valence electrons. The predicted octanol–water partition coefficient (Wildman–Crippen LogP) is 5.13. The number of amides is 1. The van der Waals surface area contributed by atoms with Crippen molar-refractivity contribution in [2.45, 2.75) is 37.2 Å². The highest BCUT2D eigenvalue weighted by atomic mass is 35.5. The van der Waals surface area contributed by atoms with Crippen molar-refractivity contribution in [3.8, 4) is 5.75 Å². The first-order valence-corrected chi connectivity index (χ1v) is 14.5. The highest BCUT2D eigenvalue weighted by Crippen LogP contribution is 2.36. The number of anilines is 1. The number of ether oxygens (including phenoxy) is 1. The van der Waals surface area contributed by atoms with Crippen LogP contribution in [0.15, 0.2) is 71.9 Å². The van der Waals surface area contributed by atoms with Crippen molar-refractivity contribution in [3.05, 3.63) is 77.6 Å². The Morgan fingerprint density at radius 1 is 1.19 bits per heavy atom. The topological polar surface area (TPSA) is 92.7 Å². The van der Waals surface area contributed by atoms with Gasteiger partial charge in [0.2, 0.25) is 15.9 Å². The van der Waals surface area contributed by atoms with Crippen molar-refractivity contribution in [2.75, 3.05) is 18.1 Å². The van der Waals surface area contributed by atoms with E-state index in [9.17, 15) is 13.2 Å². The van der Waals surface area contributed by atoms with Crippen LogP contribution >= 0.6 is 22.9 Å². The Hall–Kier alpha value is -3.05. The van der Waals surface area contributed by atoms with E-state index in [1.54, 1.807) is 23.4 Å². The molecule has 1 unspecified atom stereocenters. The molecule has 1 fully saturated rings.